The summed E-state index contributed by atoms with van der Waals surface area (Å²) in [6, 6.07) is -0.0615. The van der Waals surface area contributed by atoms with Crippen LogP contribution in [0.1, 0.15) is 27.7 Å². The molecule has 102 valence electrons. The van der Waals surface area contributed by atoms with Crippen LogP contribution in [0.2, 0.25) is 0 Å². The van der Waals surface area contributed by atoms with E-state index in [0.29, 0.717) is 19.0 Å². The van der Waals surface area contributed by atoms with E-state index in [-0.39, 0.29) is 17.4 Å². The Hall–Kier alpha value is -0.610. The van der Waals surface area contributed by atoms with Gasteiger partial charge in [-0.3, -0.25) is 9.69 Å². The van der Waals surface area contributed by atoms with Gasteiger partial charge < -0.3 is 10.6 Å². The number of hydrogen-bond acceptors (Lipinski definition) is 3. The van der Waals surface area contributed by atoms with Crippen molar-refractivity contribution in [2.45, 2.75) is 33.7 Å². The molecule has 0 bridgehead atoms. The van der Waals surface area contributed by atoms with Crippen LogP contribution in [0, 0.1) is 11.3 Å². The van der Waals surface area contributed by atoms with Gasteiger partial charge in [-0.25, -0.2) is 0 Å². The molecule has 1 unspecified atom stereocenters. The summed E-state index contributed by atoms with van der Waals surface area (Å²) in [5.41, 5.74) is 5.67. The standard InChI is InChI=1S/C13H29N3O/c1-10(2)11(15(5)6)12(17)16(7)9-13(3,4)8-14/h10-11H,8-9,14H2,1-7H3. The molecule has 0 heterocycles. The highest BCUT2D eigenvalue weighted by molar-refractivity contribution is 5.81. The number of likely N-dealkylation sites (N-methyl/N-ethyl adjacent to an activating group) is 2. The second-order valence-electron chi connectivity index (χ2n) is 6.22. The van der Waals surface area contributed by atoms with Gasteiger partial charge in [-0.05, 0) is 32.0 Å². The molecule has 0 aliphatic carbocycles. The zero-order valence-electron chi connectivity index (χ0n) is 12.4. The average molecular weight is 243 g/mol. The van der Waals surface area contributed by atoms with Gasteiger partial charge in [0.25, 0.3) is 0 Å². The fourth-order valence-corrected chi connectivity index (χ4v) is 2.11. The van der Waals surface area contributed by atoms with Crippen molar-refractivity contribution in [2.24, 2.45) is 17.1 Å². The van der Waals surface area contributed by atoms with Gasteiger partial charge in [0.05, 0.1) is 6.04 Å². The Morgan fingerprint density at radius 1 is 1.24 bits per heavy atom. The van der Waals surface area contributed by atoms with Crippen LogP contribution in [0.5, 0.6) is 0 Å². The lowest BCUT2D eigenvalue weighted by atomic mass is 9.92. The van der Waals surface area contributed by atoms with Crippen LogP contribution in [0.4, 0.5) is 0 Å². The zero-order valence-corrected chi connectivity index (χ0v) is 12.4. The summed E-state index contributed by atoms with van der Waals surface area (Å²) < 4.78 is 0. The molecule has 0 aliphatic heterocycles. The summed E-state index contributed by atoms with van der Waals surface area (Å²) in [6.07, 6.45) is 0. The van der Waals surface area contributed by atoms with Crippen molar-refractivity contribution < 1.29 is 4.79 Å². The monoisotopic (exact) mass is 243 g/mol. The first-order valence-corrected chi connectivity index (χ1v) is 6.24. The Labute approximate surface area is 106 Å². The van der Waals surface area contributed by atoms with E-state index in [1.807, 2.05) is 26.0 Å². The van der Waals surface area contributed by atoms with E-state index in [0.717, 1.165) is 0 Å². The van der Waals surface area contributed by atoms with Crippen molar-refractivity contribution in [2.75, 3.05) is 34.2 Å². The van der Waals surface area contributed by atoms with Gasteiger partial charge in [0.2, 0.25) is 5.91 Å². The van der Waals surface area contributed by atoms with Gasteiger partial charge in [-0.1, -0.05) is 27.7 Å². The van der Waals surface area contributed by atoms with Crippen LogP contribution >= 0.6 is 0 Å². The molecule has 4 heteroatoms. The summed E-state index contributed by atoms with van der Waals surface area (Å²) in [6.45, 7) is 9.58. The van der Waals surface area contributed by atoms with E-state index >= 15 is 0 Å². The van der Waals surface area contributed by atoms with Crippen LogP contribution in [0.3, 0.4) is 0 Å². The predicted molar refractivity (Wildman–Crippen MR) is 72.8 cm³/mol. The third kappa shape index (κ3) is 5.04. The Morgan fingerprint density at radius 2 is 1.71 bits per heavy atom. The zero-order chi connectivity index (χ0) is 13.8. The Kier molecular flexibility index (Phi) is 6.13. The topological polar surface area (TPSA) is 49.6 Å². The number of carbonyl (C=O) groups is 1. The van der Waals surface area contributed by atoms with Gasteiger partial charge in [0.1, 0.15) is 0 Å². The molecular formula is C13H29N3O. The molecule has 1 amide bonds. The number of rotatable bonds is 6. The first kappa shape index (κ1) is 16.4. The average Bonchev–Trinajstić information content (AvgIpc) is 2.15. The van der Waals surface area contributed by atoms with Crippen LogP contribution in [0.15, 0.2) is 0 Å². The molecule has 0 radical (unpaired) electrons. The van der Waals surface area contributed by atoms with E-state index < -0.39 is 0 Å². The molecule has 0 spiro atoms. The normalized spacial score (nSPS) is 14.2. The number of amides is 1. The molecule has 0 saturated heterocycles. The van der Waals surface area contributed by atoms with E-state index in [1.54, 1.807) is 4.90 Å². The Balaban J connectivity index is 4.68. The maximum Gasteiger partial charge on any atom is 0.239 e. The quantitative estimate of drug-likeness (QED) is 0.757. The summed E-state index contributed by atoms with van der Waals surface area (Å²) in [5.74, 6) is 0.479. The molecule has 0 aromatic heterocycles. The lowest BCUT2D eigenvalue weighted by molar-refractivity contribution is -0.137. The van der Waals surface area contributed by atoms with Crippen LogP contribution in [-0.4, -0.2) is 56.0 Å². The van der Waals surface area contributed by atoms with Crippen molar-refractivity contribution >= 4 is 5.91 Å². The minimum absolute atomic E-state index is 0.0295. The highest BCUT2D eigenvalue weighted by atomic mass is 16.2. The third-order valence-corrected chi connectivity index (χ3v) is 3.03. The van der Waals surface area contributed by atoms with Crippen LogP contribution in [0.25, 0.3) is 0 Å². The molecular weight excluding hydrogens is 214 g/mol. The first-order chi connectivity index (χ1) is 7.62. The van der Waals surface area contributed by atoms with Crippen molar-refractivity contribution in [3.05, 3.63) is 0 Å². The second kappa shape index (κ2) is 6.36. The molecule has 0 rings (SSSR count). The lowest BCUT2D eigenvalue weighted by Gasteiger charge is -2.34. The maximum atomic E-state index is 12.4. The summed E-state index contributed by atoms with van der Waals surface area (Å²) >= 11 is 0. The van der Waals surface area contributed by atoms with Gasteiger partial charge in [-0.2, -0.15) is 0 Å². The molecule has 17 heavy (non-hydrogen) atoms. The van der Waals surface area contributed by atoms with E-state index in [2.05, 4.69) is 27.7 Å². The fraction of sp³-hybridized carbons (Fsp3) is 0.923. The van der Waals surface area contributed by atoms with E-state index in [9.17, 15) is 4.79 Å². The number of nitrogens with two attached hydrogens (primary N) is 1. The van der Waals surface area contributed by atoms with Gasteiger partial charge in [-0.15, -0.1) is 0 Å². The molecule has 0 saturated carbocycles. The molecule has 0 fully saturated rings. The van der Waals surface area contributed by atoms with Gasteiger partial charge in [0, 0.05) is 13.6 Å². The van der Waals surface area contributed by atoms with Crippen molar-refractivity contribution in [1.29, 1.82) is 0 Å². The predicted octanol–water partition coefficient (Wildman–Crippen LogP) is 1.02. The largest absolute Gasteiger partial charge is 0.344 e. The first-order valence-electron chi connectivity index (χ1n) is 6.24. The minimum Gasteiger partial charge on any atom is -0.344 e. The maximum absolute atomic E-state index is 12.4. The third-order valence-electron chi connectivity index (χ3n) is 3.03. The van der Waals surface area contributed by atoms with Crippen LogP contribution in [-0.2, 0) is 4.79 Å². The molecule has 2 N–H and O–H groups in total. The van der Waals surface area contributed by atoms with Gasteiger partial charge in [0.15, 0.2) is 0 Å². The summed E-state index contributed by atoms with van der Waals surface area (Å²) in [4.78, 5) is 16.2. The minimum atomic E-state index is -0.0615. The highest BCUT2D eigenvalue weighted by Crippen LogP contribution is 2.17. The SMILES string of the molecule is CC(C)C(C(=O)N(C)CC(C)(C)CN)N(C)C. The summed E-state index contributed by atoms with van der Waals surface area (Å²) in [7, 11) is 5.76. The number of nitrogens with zero attached hydrogens (tertiary/aromatic N) is 2. The lowest BCUT2D eigenvalue weighted by Crippen LogP contribution is -2.50. The van der Waals surface area contributed by atoms with Crippen molar-refractivity contribution in [3.8, 4) is 0 Å². The molecule has 4 nitrogen and oxygen atoms in total. The molecule has 0 aliphatic rings. The number of carbonyl (C=O) groups excluding carboxylic acids is 1. The Bertz CT molecular complexity index is 241. The van der Waals surface area contributed by atoms with E-state index in [1.165, 1.54) is 0 Å². The Morgan fingerprint density at radius 3 is 2.00 bits per heavy atom. The smallest absolute Gasteiger partial charge is 0.239 e. The molecule has 1 atom stereocenters. The molecule has 0 aromatic rings. The molecule has 0 aromatic carbocycles. The van der Waals surface area contributed by atoms with Crippen molar-refractivity contribution in [1.82, 2.24) is 9.80 Å². The van der Waals surface area contributed by atoms with Crippen molar-refractivity contribution in [3.63, 3.8) is 0 Å². The van der Waals surface area contributed by atoms with E-state index in [4.69, 9.17) is 5.73 Å². The van der Waals surface area contributed by atoms with Gasteiger partial charge >= 0.3 is 0 Å². The fourth-order valence-electron chi connectivity index (χ4n) is 2.11. The van der Waals surface area contributed by atoms with Crippen LogP contribution < -0.4 is 5.73 Å². The highest BCUT2D eigenvalue weighted by Gasteiger charge is 2.29. The number of hydrogen-bond donors (Lipinski definition) is 1. The second-order valence-corrected chi connectivity index (χ2v) is 6.22. The summed E-state index contributed by atoms with van der Waals surface area (Å²) in [5, 5.41) is 0.